The maximum absolute atomic E-state index is 8.46. The fraction of sp³-hybridized carbons (Fsp3) is 1.00. The standard InChI is InChI=1S/2C15H26.C12H20.C12H22.C11H18.C11H20.C10H18.C9H16/c1-13-6-11-14-7-2-4-9-15(14,12-13)10-5-3-8-14;1-11-6-7-14-9-12-4-2-3-5-13(12)10-15(14)8-11;1-8-6-9-7-12(8)11-5-3-2-4-10(9)11;1-11-6-5-9-12(10-11)7-3-2-4-8-12;1-7-5-8-6-11(7)10-4-2-3-9(8)10;1-10-5-8-11(9-10)6-3-2-4-7-11;1-9-4-7-10(8-9)5-2-3-6-10;1-8-3-6-9(7-8)4-2-5-9/h13H,2-12H2,1H3;11-15H,2-10H2,1H3;8-12H,2-7H2,1H3;11H,2-10H2,1H3;7-11H,2-6H2,1H3;10H,2-9H2,1H3;9H,2-8H2,1H3;8H,2-7H2,1H3/t13-,14?,15?;11-,12?,13?,14?,15?;8-,9?,10?,11?,12?;11-;7-,8?,9?,10?,11?;10-;9-;8-/m11111111/s1/i13D;11D;8D;11D;7D;10D;9D;8D. The van der Waals surface area contributed by atoms with Gasteiger partial charge in [-0.1, -0.05) is 229 Å². The SMILES string of the molecule is [2H][C@@]1(C)CC2CC1C1CCCC21.[2H][C@@]1(C)CC2CC1C1CCCCC21.[2H][C@@]1(C)CCC2(CCC2)C1.[2H][C@@]1(C)CCC2(CCCC2)C1.[2H][C@@]1(C)CCC2(CCCCC2)C1.[2H][C@@]1(C)CCC23CCCCC2(CCCC3)C1.[2H][C@@]1(C)CCC2CC3CCCCC3CC2C1.[2H][C@@]1(C)CCCC2(CCCCC2)C1. The summed E-state index contributed by atoms with van der Waals surface area (Å²) < 4.78 is 65.4. The van der Waals surface area contributed by atoms with Crippen molar-refractivity contribution in [1.82, 2.24) is 0 Å². The molecule has 95 heavy (non-hydrogen) atoms. The lowest BCUT2D eigenvalue weighted by Crippen LogP contribution is -2.50. The maximum Gasteiger partial charge on any atom is 0.0303 e. The van der Waals surface area contributed by atoms with Crippen molar-refractivity contribution in [2.24, 2.45) is 151 Å². The van der Waals surface area contributed by atoms with Gasteiger partial charge in [-0.3, -0.25) is 0 Å². The zero-order valence-corrected chi connectivity index (χ0v) is 65.1. The first-order chi connectivity index (χ1) is 48.6. The molecule has 4 bridgehead atoms. The third-order valence-electron chi connectivity index (χ3n) is 34.9. The highest BCUT2D eigenvalue weighted by molar-refractivity contribution is 5.07. The number of hydrogen-bond donors (Lipinski definition) is 0. The van der Waals surface area contributed by atoms with Crippen LogP contribution in [0.15, 0.2) is 0 Å². The zero-order valence-electron chi connectivity index (χ0n) is 73.1. The molecule has 0 aliphatic heterocycles. The van der Waals surface area contributed by atoms with E-state index in [-0.39, 0.29) is 47.2 Å². The topological polar surface area (TPSA) is 0 Å². The summed E-state index contributed by atoms with van der Waals surface area (Å²) in [4.78, 5) is 0. The molecule has 20 atom stereocenters. The van der Waals surface area contributed by atoms with Crippen LogP contribution < -0.4 is 0 Å². The summed E-state index contributed by atoms with van der Waals surface area (Å²) in [5.41, 5.74) is 3.80. The van der Waals surface area contributed by atoms with E-state index >= 15 is 0 Å². The van der Waals surface area contributed by atoms with Gasteiger partial charge >= 0.3 is 0 Å². The molecule has 0 amide bonds. The summed E-state index contributed by atoms with van der Waals surface area (Å²) in [6, 6.07) is 0. The number of hydrogen-bond acceptors (Lipinski definition) is 0. The largest absolute Gasteiger partial charge is 0.0625 e. The number of rotatable bonds is 0. The lowest BCUT2D eigenvalue weighted by molar-refractivity contribution is -0.105. The highest BCUT2D eigenvalue weighted by Crippen LogP contribution is 2.67. The quantitative estimate of drug-likeness (QED) is 0.227. The summed E-state index contributed by atoms with van der Waals surface area (Å²) in [7, 11) is 0. The van der Waals surface area contributed by atoms with Crippen LogP contribution in [0.4, 0.5) is 0 Å². The minimum absolute atomic E-state index is 0.0455. The van der Waals surface area contributed by atoms with Gasteiger partial charge in [-0.2, -0.15) is 0 Å². The Balaban J connectivity index is 0.000000105. The predicted octanol–water partition coefficient (Wildman–Crippen LogP) is 30.4. The van der Waals surface area contributed by atoms with Crippen LogP contribution in [-0.2, 0) is 0 Å². The van der Waals surface area contributed by atoms with E-state index in [1.54, 1.807) is 0 Å². The van der Waals surface area contributed by atoms with Crippen LogP contribution >= 0.6 is 0 Å². The molecule has 12 unspecified atom stereocenters. The maximum atomic E-state index is 8.46. The molecule has 0 aromatic carbocycles. The van der Waals surface area contributed by atoms with E-state index in [1.165, 1.54) is 353 Å². The molecular formula is C95H166. The Labute approximate surface area is 605 Å². The summed E-state index contributed by atoms with van der Waals surface area (Å²) in [6.07, 6.45) is 83.8. The molecule has 0 N–H and O–H groups in total. The molecule has 546 valence electrons. The van der Waals surface area contributed by atoms with Gasteiger partial charge in [-0.05, 0) is 369 Å². The van der Waals surface area contributed by atoms with Gasteiger partial charge < -0.3 is 0 Å². The number of fused-ring (bicyclic) bond motifs is 12. The van der Waals surface area contributed by atoms with Gasteiger partial charge in [0, 0.05) is 11.0 Å². The fourth-order valence-corrected chi connectivity index (χ4v) is 29.9. The van der Waals surface area contributed by atoms with Crippen LogP contribution in [0, 0.1) is 151 Å². The smallest absolute Gasteiger partial charge is 0.0303 e. The van der Waals surface area contributed by atoms with E-state index in [1.807, 2.05) is 0 Å². The molecule has 20 rings (SSSR count). The van der Waals surface area contributed by atoms with Crippen LogP contribution in [0.2, 0.25) is 0 Å². The molecule has 0 radical (unpaired) electrons. The Bertz CT molecular complexity index is 2670. The van der Waals surface area contributed by atoms with E-state index in [4.69, 9.17) is 11.0 Å². The van der Waals surface area contributed by atoms with Crippen molar-refractivity contribution >= 4 is 0 Å². The van der Waals surface area contributed by atoms with Crippen molar-refractivity contribution in [2.45, 2.75) is 447 Å². The highest BCUT2D eigenvalue weighted by Gasteiger charge is 2.56. The Kier molecular flexibility index (Phi) is 22.0. The molecule has 0 aromatic rings. The van der Waals surface area contributed by atoms with Gasteiger partial charge in [0.15, 0.2) is 0 Å². The molecule has 0 heterocycles. The first-order valence-electron chi connectivity index (χ1n) is 48.6. The van der Waals surface area contributed by atoms with Crippen LogP contribution in [0.3, 0.4) is 0 Å². The van der Waals surface area contributed by atoms with Crippen molar-refractivity contribution in [3.8, 4) is 0 Å². The Morgan fingerprint density at radius 3 is 1.01 bits per heavy atom. The first kappa shape index (κ1) is 63.5. The lowest BCUT2D eigenvalue weighted by Gasteiger charge is -2.61. The summed E-state index contributed by atoms with van der Waals surface area (Å²) in [6.45, 7) is 17.2. The monoisotopic (exact) mass is 1320 g/mol. The van der Waals surface area contributed by atoms with Crippen molar-refractivity contribution < 1.29 is 11.0 Å². The van der Waals surface area contributed by atoms with Crippen LogP contribution in [0.25, 0.3) is 0 Å². The summed E-state index contributed by atoms with van der Waals surface area (Å²) >= 11 is 0. The predicted molar refractivity (Wildman–Crippen MR) is 411 cm³/mol. The molecule has 20 aliphatic carbocycles. The van der Waals surface area contributed by atoms with E-state index in [0.29, 0.717) is 32.5 Å². The molecule has 4 spiro atoms. The Morgan fingerprint density at radius 1 is 0.189 bits per heavy atom. The Morgan fingerprint density at radius 2 is 0.547 bits per heavy atom. The molecule has 0 saturated heterocycles. The first-order valence-corrected chi connectivity index (χ1v) is 44.6. The zero-order chi connectivity index (χ0) is 73.1. The molecule has 0 aromatic heterocycles. The molecular weight excluding hydrogens is 1140 g/mol. The summed E-state index contributed by atoms with van der Waals surface area (Å²) in [5.74, 6) is 10.8. The van der Waals surface area contributed by atoms with Crippen molar-refractivity contribution in [1.29, 1.82) is 0 Å². The second-order valence-corrected chi connectivity index (χ2v) is 41.4. The van der Waals surface area contributed by atoms with Gasteiger partial charge in [0.1, 0.15) is 0 Å². The molecule has 20 fully saturated rings. The lowest BCUT2D eigenvalue weighted by atomic mass is 9.44. The Hall–Kier alpha value is 0. The second kappa shape index (κ2) is 33.0. The van der Waals surface area contributed by atoms with Gasteiger partial charge in [0.25, 0.3) is 0 Å². The van der Waals surface area contributed by atoms with Crippen LogP contribution in [0.5, 0.6) is 0 Å². The fourth-order valence-electron chi connectivity index (χ4n) is 29.9. The third-order valence-corrected chi connectivity index (χ3v) is 34.9. The van der Waals surface area contributed by atoms with Gasteiger partial charge in [0.2, 0.25) is 0 Å². The average molecular weight is 1320 g/mol. The van der Waals surface area contributed by atoms with Crippen molar-refractivity contribution in [3.05, 3.63) is 0 Å². The molecule has 0 heteroatoms. The molecule has 20 aliphatic rings. The van der Waals surface area contributed by atoms with E-state index < -0.39 is 0 Å². The average Bonchev–Trinajstić information content (AvgIpc) is 1.70. The molecule has 0 nitrogen and oxygen atoms in total. The minimum Gasteiger partial charge on any atom is -0.0625 e. The van der Waals surface area contributed by atoms with Crippen molar-refractivity contribution in [3.63, 3.8) is 0 Å². The summed E-state index contributed by atoms with van der Waals surface area (Å²) in [5, 5.41) is 0. The molecule has 20 saturated carbocycles. The minimum atomic E-state index is -0.113. The van der Waals surface area contributed by atoms with E-state index in [9.17, 15) is 0 Å². The van der Waals surface area contributed by atoms with Crippen LogP contribution in [0.1, 0.15) is 458 Å². The van der Waals surface area contributed by atoms with E-state index in [0.717, 1.165) is 110 Å². The normalized spacial score (nSPS) is 53.9. The van der Waals surface area contributed by atoms with Gasteiger partial charge in [-0.25, -0.2) is 0 Å². The van der Waals surface area contributed by atoms with Gasteiger partial charge in [-0.15, -0.1) is 0 Å². The van der Waals surface area contributed by atoms with E-state index in [2.05, 4.69) is 55.4 Å². The highest BCUT2D eigenvalue weighted by atomic mass is 14.6. The van der Waals surface area contributed by atoms with Gasteiger partial charge in [0.05, 0.1) is 0 Å². The van der Waals surface area contributed by atoms with Crippen LogP contribution in [-0.4, -0.2) is 0 Å². The van der Waals surface area contributed by atoms with Crippen molar-refractivity contribution in [2.75, 3.05) is 0 Å². The second-order valence-electron chi connectivity index (χ2n) is 41.4. The third kappa shape index (κ3) is 17.5.